The molecule has 0 radical (unpaired) electrons. The first-order valence-electron chi connectivity index (χ1n) is 6.88. The van der Waals surface area contributed by atoms with Crippen molar-refractivity contribution in [1.82, 2.24) is 9.78 Å². The van der Waals surface area contributed by atoms with Crippen LogP contribution in [0, 0.1) is 22.7 Å². The highest BCUT2D eigenvalue weighted by atomic mass is 79.9. The summed E-state index contributed by atoms with van der Waals surface area (Å²) in [4.78, 5) is 0. The number of halogens is 1. The van der Waals surface area contributed by atoms with E-state index in [1.165, 1.54) is 4.68 Å². The van der Waals surface area contributed by atoms with Gasteiger partial charge in [-0.15, -0.1) is 0 Å². The van der Waals surface area contributed by atoms with Crippen LogP contribution in [0.5, 0.6) is 5.75 Å². The van der Waals surface area contributed by atoms with Crippen LogP contribution in [0.2, 0.25) is 0 Å². The van der Waals surface area contributed by atoms with E-state index in [-0.39, 0.29) is 35.8 Å². The Labute approximate surface area is 147 Å². The van der Waals surface area contributed by atoms with Crippen LogP contribution in [0.15, 0.2) is 22.7 Å². The molecule has 7 nitrogen and oxygen atoms in total. The monoisotopic (exact) mass is 387 g/mol. The van der Waals surface area contributed by atoms with Crippen LogP contribution >= 0.6 is 15.9 Å². The summed E-state index contributed by atoms with van der Waals surface area (Å²) in [7, 11) is 1.56. The van der Waals surface area contributed by atoms with E-state index < -0.39 is 0 Å². The zero-order valence-corrected chi connectivity index (χ0v) is 14.4. The van der Waals surface area contributed by atoms with Gasteiger partial charge in [0.15, 0.2) is 0 Å². The SMILES string of the molecule is COc1ccc(/C=C(\C#N)c2nn(CCO)c(N)c2C#N)cc1Br. The van der Waals surface area contributed by atoms with Gasteiger partial charge in [0.25, 0.3) is 0 Å². The molecule has 0 aliphatic rings. The molecule has 0 bridgehead atoms. The third-order valence-electron chi connectivity index (χ3n) is 3.28. The minimum atomic E-state index is -0.173. The lowest BCUT2D eigenvalue weighted by Crippen LogP contribution is -2.07. The Morgan fingerprint density at radius 1 is 1.50 bits per heavy atom. The number of nitrogens with two attached hydrogens (primary N) is 1. The van der Waals surface area contributed by atoms with Gasteiger partial charge in [-0.1, -0.05) is 6.07 Å². The summed E-state index contributed by atoms with van der Waals surface area (Å²) < 4.78 is 7.21. The Balaban J connectivity index is 2.53. The fourth-order valence-electron chi connectivity index (χ4n) is 2.13. The number of benzene rings is 1. The average Bonchev–Trinajstić information content (AvgIpc) is 2.89. The zero-order valence-electron chi connectivity index (χ0n) is 12.8. The number of hydrogen-bond donors (Lipinski definition) is 2. The molecular weight excluding hydrogens is 374 g/mol. The van der Waals surface area contributed by atoms with E-state index in [4.69, 9.17) is 15.6 Å². The number of anilines is 1. The van der Waals surface area contributed by atoms with Gasteiger partial charge in [0.05, 0.1) is 30.3 Å². The van der Waals surface area contributed by atoms with Gasteiger partial charge in [-0.3, -0.25) is 0 Å². The Morgan fingerprint density at radius 2 is 2.25 bits per heavy atom. The molecule has 0 saturated heterocycles. The summed E-state index contributed by atoms with van der Waals surface area (Å²) in [5.74, 6) is 0.790. The molecule has 0 unspecified atom stereocenters. The largest absolute Gasteiger partial charge is 0.496 e. The molecule has 0 aliphatic heterocycles. The normalized spacial score (nSPS) is 11.0. The van der Waals surface area contributed by atoms with Crippen LogP contribution < -0.4 is 10.5 Å². The highest BCUT2D eigenvalue weighted by Gasteiger charge is 2.18. The fourth-order valence-corrected chi connectivity index (χ4v) is 2.69. The van der Waals surface area contributed by atoms with Crippen LogP contribution in [0.25, 0.3) is 11.6 Å². The lowest BCUT2D eigenvalue weighted by Gasteiger charge is -2.04. The molecule has 2 aromatic rings. The standard InChI is InChI=1S/C16H14BrN5O2/c1-24-14-3-2-10(7-13(14)17)6-11(8-18)15-12(9-19)16(20)22(21-15)4-5-23/h2-3,6-7,23H,4-5,20H2,1H3/b11-6+. The van der Waals surface area contributed by atoms with Gasteiger partial charge in [0.1, 0.15) is 35.0 Å². The van der Waals surface area contributed by atoms with E-state index in [0.29, 0.717) is 5.75 Å². The first-order valence-corrected chi connectivity index (χ1v) is 7.68. The van der Waals surface area contributed by atoms with E-state index in [1.54, 1.807) is 31.4 Å². The van der Waals surface area contributed by atoms with Gasteiger partial charge in [0, 0.05) is 0 Å². The number of aliphatic hydroxyl groups is 1. The smallest absolute Gasteiger partial charge is 0.140 e. The molecule has 1 aromatic heterocycles. The third-order valence-corrected chi connectivity index (χ3v) is 3.90. The van der Waals surface area contributed by atoms with Crippen LogP contribution in [0.3, 0.4) is 0 Å². The van der Waals surface area contributed by atoms with Gasteiger partial charge in [-0.25, -0.2) is 4.68 Å². The summed E-state index contributed by atoms with van der Waals surface area (Å²) in [6.07, 6.45) is 1.61. The fraction of sp³-hybridized carbons (Fsp3) is 0.188. The molecule has 0 spiro atoms. The van der Waals surface area contributed by atoms with Crippen molar-refractivity contribution < 1.29 is 9.84 Å². The summed E-state index contributed by atoms with van der Waals surface area (Å²) in [6.45, 7) is -0.0273. The van der Waals surface area contributed by atoms with E-state index in [9.17, 15) is 10.5 Å². The minimum absolute atomic E-state index is 0.115. The summed E-state index contributed by atoms with van der Waals surface area (Å²) in [6, 6.07) is 9.33. The molecule has 0 aliphatic carbocycles. The van der Waals surface area contributed by atoms with Crippen LogP contribution in [-0.2, 0) is 6.54 Å². The number of nitrogen functional groups attached to an aromatic ring is 1. The number of aromatic nitrogens is 2. The number of hydrogen-bond acceptors (Lipinski definition) is 6. The lowest BCUT2D eigenvalue weighted by atomic mass is 10.1. The highest BCUT2D eigenvalue weighted by molar-refractivity contribution is 9.10. The Hall–Kier alpha value is -2.81. The molecular formula is C16H14BrN5O2. The first-order chi connectivity index (χ1) is 11.5. The van der Waals surface area contributed by atoms with E-state index in [0.717, 1.165) is 10.0 Å². The van der Waals surface area contributed by atoms with E-state index >= 15 is 0 Å². The maximum absolute atomic E-state index is 9.46. The molecule has 8 heteroatoms. The van der Waals surface area contributed by atoms with Crippen LogP contribution in [0.4, 0.5) is 5.82 Å². The van der Waals surface area contributed by atoms with Crippen molar-refractivity contribution in [3.05, 3.63) is 39.5 Å². The predicted molar refractivity (Wildman–Crippen MR) is 92.6 cm³/mol. The van der Waals surface area contributed by atoms with E-state index in [1.807, 2.05) is 12.1 Å². The van der Waals surface area contributed by atoms with Crippen LogP contribution in [-0.4, -0.2) is 28.6 Å². The lowest BCUT2D eigenvalue weighted by molar-refractivity contribution is 0.270. The molecule has 0 amide bonds. The number of nitrogens with zero attached hydrogens (tertiary/aromatic N) is 4. The Kier molecular flexibility index (Phi) is 5.59. The summed E-state index contributed by atoms with van der Waals surface area (Å²) in [5, 5.41) is 32.0. The molecule has 1 heterocycles. The average molecular weight is 388 g/mol. The van der Waals surface area contributed by atoms with Crippen molar-refractivity contribution in [2.24, 2.45) is 0 Å². The van der Waals surface area contributed by atoms with Gasteiger partial charge in [0.2, 0.25) is 0 Å². The van der Waals surface area contributed by atoms with Crippen molar-refractivity contribution in [3.8, 4) is 17.9 Å². The van der Waals surface area contributed by atoms with Crippen molar-refractivity contribution in [3.63, 3.8) is 0 Å². The number of ether oxygens (including phenoxy) is 1. The second-order valence-corrected chi connectivity index (χ2v) is 5.59. The van der Waals surface area contributed by atoms with Gasteiger partial charge in [-0.05, 0) is 39.7 Å². The summed E-state index contributed by atoms with van der Waals surface area (Å²) >= 11 is 3.38. The van der Waals surface area contributed by atoms with Gasteiger partial charge >= 0.3 is 0 Å². The number of allylic oxidation sites excluding steroid dienone is 1. The van der Waals surface area contributed by atoms with Crippen LogP contribution in [0.1, 0.15) is 16.8 Å². The molecule has 1 aromatic carbocycles. The topological polar surface area (TPSA) is 121 Å². The quantitative estimate of drug-likeness (QED) is 0.758. The number of aliphatic hydroxyl groups excluding tert-OH is 1. The second-order valence-electron chi connectivity index (χ2n) is 4.73. The van der Waals surface area contributed by atoms with Gasteiger partial charge < -0.3 is 15.6 Å². The van der Waals surface area contributed by atoms with Gasteiger partial charge in [-0.2, -0.15) is 15.6 Å². The predicted octanol–water partition coefficient (Wildman–Crippen LogP) is 2.16. The molecule has 0 saturated carbocycles. The second kappa shape index (κ2) is 7.64. The maximum Gasteiger partial charge on any atom is 0.140 e. The van der Waals surface area contributed by atoms with Crippen molar-refractivity contribution in [1.29, 1.82) is 10.5 Å². The molecule has 2 rings (SSSR count). The number of methoxy groups -OCH3 is 1. The number of rotatable bonds is 5. The molecule has 122 valence electrons. The summed E-state index contributed by atoms with van der Waals surface area (Å²) in [5.41, 5.74) is 7.10. The van der Waals surface area contributed by atoms with Crippen molar-refractivity contribution in [2.45, 2.75) is 6.54 Å². The molecule has 0 fully saturated rings. The Bertz CT molecular complexity index is 874. The maximum atomic E-state index is 9.46. The third kappa shape index (κ3) is 3.40. The number of nitriles is 2. The minimum Gasteiger partial charge on any atom is -0.496 e. The van der Waals surface area contributed by atoms with Crippen molar-refractivity contribution >= 4 is 33.4 Å². The molecule has 0 atom stereocenters. The van der Waals surface area contributed by atoms with E-state index in [2.05, 4.69) is 21.0 Å². The zero-order chi connectivity index (χ0) is 17.7. The van der Waals surface area contributed by atoms with Crippen molar-refractivity contribution in [2.75, 3.05) is 19.5 Å². The highest BCUT2D eigenvalue weighted by Crippen LogP contribution is 2.29. The Morgan fingerprint density at radius 3 is 2.79 bits per heavy atom. The first kappa shape index (κ1) is 17.5. The molecule has 3 N–H and O–H groups in total. The molecule has 24 heavy (non-hydrogen) atoms.